The molecule has 7 heteroatoms. The molecule has 0 amide bonds. The van der Waals surface area contributed by atoms with Gasteiger partial charge in [-0.3, -0.25) is 14.4 Å². The molecule has 168 valence electrons. The third kappa shape index (κ3) is 6.80. The number of allylic oxidation sites excluding steroid dienone is 1. The molecule has 0 bridgehead atoms. The molecule has 0 saturated heterocycles. The molecular weight excluding hydrogens is 424 g/mol. The molecule has 0 aliphatic carbocycles. The van der Waals surface area contributed by atoms with Crippen molar-refractivity contribution in [1.29, 1.82) is 0 Å². The molecule has 0 aromatic heterocycles. The van der Waals surface area contributed by atoms with Crippen molar-refractivity contribution in [3.05, 3.63) is 89.5 Å². The summed E-state index contributed by atoms with van der Waals surface area (Å²) in [4.78, 5) is 35.2. The molecule has 0 aliphatic rings. The number of aromatic hydroxyl groups is 1. The van der Waals surface area contributed by atoms with Crippen molar-refractivity contribution >= 4 is 23.8 Å². The van der Waals surface area contributed by atoms with E-state index in [4.69, 9.17) is 14.2 Å². The van der Waals surface area contributed by atoms with Crippen molar-refractivity contribution in [3.8, 4) is 23.0 Å². The lowest BCUT2D eigenvalue weighted by atomic mass is 10.1. The standard InChI is InChI=1S/C26H22O7/c1-17(27)32-22-10-8-20(26(15-22)33-18(2)28)9-13-24(29)23-12-11-21(14-25(23)30)31-16-19-6-4-3-5-7-19/h3-15,30H,16H2,1-2H3. The second-order valence-corrected chi connectivity index (χ2v) is 7.04. The van der Waals surface area contributed by atoms with Gasteiger partial charge in [-0.05, 0) is 42.0 Å². The Morgan fingerprint density at radius 1 is 0.848 bits per heavy atom. The van der Waals surface area contributed by atoms with Gasteiger partial charge in [0, 0.05) is 31.5 Å². The van der Waals surface area contributed by atoms with Crippen LogP contribution >= 0.6 is 0 Å². The van der Waals surface area contributed by atoms with Crippen molar-refractivity contribution in [2.75, 3.05) is 0 Å². The van der Waals surface area contributed by atoms with Gasteiger partial charge < -0.3 is 19.3 Å². The van der Waals surface area contributed by atoms with Gasteiger partial charge in [0.15, 0.2) is 5.78 Å². The van der Waals surface area contributed by atoms with Crippen LogP contribution in [0.1, 0.15) is 35.3 Å². The highest BCUT2D eigenvalue weighted by atomic mass is 16.5. The van der Waals surface area contributed by atoms with Crippen molar-refractivity contribution < 1.29 is 33.7 Å². The maximum Gasteiger partial charge on any atom is 0.308 e. The fourth-order valence-electron chi connectivity index (χ4n) is 2.93. The average Bonchev–Trinajstić information content (AvgIpc) is 2.77. The smallest absolute Gasteiger partial charge is 0.308 e. The van der Waals surface area contributed by atoms with Crippen molar-refractivity contribution in [2.24, 2.45) is 0 Å². The van der Waals surface area contributed by atoms with Gasteiger partial charge in [-0.2, -0.15) is 0 Å². The molecule has 0 heterocycles. The van der Waals surface area contributed by atoms with Crippen molar-refractivity contribution in [2.45, 2.75) is 20.5 Å². The number of phenolic OH excluding ortho intramolecular Hbond substituents is 1. The van der Waals surface area contributed by atoms with Crippen molar-refractivity contribution in [1.82, 2.24) is 0 Å². The zero-order valence-corrected chi connectivity index (χ0v) is 18.1. The van der Waals surface area contributed by atoms with Gasteiger partial charge in [-0.15, -0.1) is 0 Å². The largest absolute Gasteiger partial charge is 0.507 e. The average molecular weight is 446 g/mol. The molecule has 33 heavy (non-hydrogen) atoms. The maximum absolute atomic E-state index is 12.6. The van der Waals surface area contributed by atoms with Crippen LogP contribution in [0.2, 0.25) is 0 Å². The first-order valence-corrected chi connectivity index (χ1v) is 10.0. The Kier molecular flexibility index (Phi) is 7.60. The third-order valence-corrected chi connectivity index (χ3v) is 4.40. The van der Waals surface area contributed by atoms with Crippen LogP contribution < -0.4 is 14.2 Å². The van der Waals surface area contributed by atoms with Gasteiger partial charge >= 0.3 is 11.9 Å². The highest BCUT2D eigenvalue weighted by molar-refractivity contribution is 6.08. The van der Waals surface area contributed by atoms with Crippen LogP contribution in [-0.2, 0) is 16.2 Å². The topological polar surface area (TPSA) is 99.1 Å². The summed E-state index contributed by atoms with van der Waals surface area (Å²) in [6.45, 7) is 2.81. The zero-order chi connectivity index (χ0) is 23.8. The quantitative estimate of drug-likeness (QED) is 0.231. The summed E-state index contributed by atoms with van der Waals surface area (Å²) in [7, 11) is 0. The maximum atomic E-state index is 12.6. The summed E-state index contributed by atoms with van der Waals surface area (Å²) < 4.78 is 15.8. The number of carbonyl (C=O) groups excluding carboxylic acids is 3. The molecule has 0 fully saturated rings. The number of hydrogen-bond donors (Lipinski definition) is 1. The molecule has 3 rings (SSSR count). The van der Waals surface area contributed by atoms with E-state index in [1.54, 1.807) is 12.1 Å². The predicted octanol–water partition coefficient (Wildman–Crippen LogP) is 4.72. The first-order chi connectivity index (χ1) is 15.8. The van der Waals surface area contributed by atoms with E-state index in [1.807, 2.05) is 30.3 Å². The fourth-order valence-corrected chi connectivity index (χ4v) is 2.93. The summed E-state index contributed by atoms with van der Waals surface area (Å²) in [5.41, 5.74) is 1.48. The number of ketones is 1. The molecule has 0 unspecified atom stereocenters. The SMILES string of the molecule is CC(=O)Oc1ccc(C=CC(=O)c2ccc(OCc3ccccc3)cc2O)c(OC(C)=O)c1. The van der Waals surface area contributed by atoms with Gasteiger partial charge in [0.25, 0.3) is 0 Å². The highest BCUT2D eigenvalue weighted by Crippen LogP contribution is 2.28. The number of hydrogen-bond acceptors (Lipinski definition) is 7. The Bertz CT molecular complexity index is 1200. The Hall–Kier alpha value is -4.39. The first kappa shape index (κ1) is 23.3. The Balaban J connectivity index is 1.74. The van der Waals surface area contributed by atoms with Gasteiger partial charge in [-0.1, -0.05) is 30.3 Å². The zero-order valence-electron chi connectivity index (χ0n) is 18.1. The normalized spacial score (nSPS) is 10.6. The molecule has 0 radical (unpaired) electrons. The van der Waals surface area contributed by atoms with Crippen LogP contribution in [-0.4, -0.2) is 22.8 Å². The second-order valence-electron chi connectivity index (χ2n) is 7.04. The van der Waals surface area contributed by atoms with Crippen LogP contribution in [0.4, 0.5) is 0 Å². The van der Waals surface area contributed by atoms with E-state index in [1.165, 1.54) is 50.3 Å². The van der Waals surface area contributed by atoms with E-state index in [0.29, 0.717) is 17.9 Å². The second kappa shape index (κ2) is 10.8. The van der Waals surface area contributed by atoms with E-state index in [9.17, 15) is 19.5 Å². The molecule has 0 aliphatic heterocycles. The Morgan fingerprint density at radius 3 is 2.21 bits per heavy atom. The van der Waals surface area contributed by atoms with Gasteiger partial charge in [0.2, 0.25) is 0 Å². The molecule has 1 N–H and O–H groups in total. The number of phenols is 1. The lowest BCUT2D eigenvalue weighted by Gasteiger charge is -2.09. The number of ether oxygens (including phenoxy) is 3. The number of rotatable bonds is 8. The van der Waals surface area contributed by atoms with Crippen molar-refractivity contribution in [3.63, 3.8) is 0 Å². The molecular formula is C26H22O7. The van der Waals surface area contributed by atoms with Crippen LogP contribution in [0.15, 0.2) is 72.8 Å². The fraction of sp³-hybridized carbons (Fsp3) is 0.115. The number of benzene rings is 3. The van der Waals surface area contributed by atoms with E-state index in [2.05, 4.69) is 0 Å². The highest BCUT2D eigenvalue weighted by Gasteiger charge is 2.12. The summed E-state index contributed by atoms with van der Waals surface area (Å²) in [6.07, 6.45) is 2.69. The molecule has 7 nitrogen and oxygen atoms in total. The lowest BCUT2D eigenvalue weighted by Crippen LogP contribution is -2.05. The molecule has 3 aromatic rings. The van der Waals surface area contributed by atoms with E-state index < -0.39 is 17.7 Å². The van der Waals surface area contributed by atoms with E-state index >= 15 is 0 Å². The molecule has 0 spiro atoms. The van der Waals surface area contributed by atoms with Gasteiger partial charge in [0.1, 0.15) is 29.6 Å². The third-order valence-electron chi connectivity index (χ3n) is 4.40. The van der Waals surface area contributed by atoms with Crippen LogP contribution in [0.25, 0.3) is 6.08 Å². The summed E-state index contributed by atoms with van der Waals surface area (Å²) >= 11 is 0. The molecule has 0 saturated carbocycles. The Labute approximate surface area is 190 Å². The van der Waals surface area contributed by atoms with E-state index in [0.717, 1.165) is 5.56 Å². The lowest BCUT2D eigenvalue weighted by molar-refractivity contribution is -0.132. The molecule has 0 atom stereocenters. The number of carbonyl (C=O) groups is 3. The minimum atomic E-state index is -0.570. The first-order valence-electron chi connectivity index (χ1n) is 10.0. The summed E-state index contributed by atoms with van der Waals surface area (Å²) in [5.74, 6) is -1.02. The van der Waals surface area contributed by atoms with Gasteiger partial charge in [0.05, 0.1) is 5.56 Å². The van der Waals surface area contributed by atoms with Gasteiger partial charge in [-0.25, -0.2) is 0 Å². The monoisotopic (exact) mass is 446 g/mol. The summed E-state index contributed by atoms with van der Waals surface area (Å²) in [6, 6.07) is 18.4. The minimum Gasteiger partial charge on any atom is -0.507 e. The summed E-state index contributed by atoms with van der Waals surface area (Å²) in [5, 5.41) is 10.3. The van der Waals surface area contributed by atoms with E-state index in [-0.39, 0.29) is 22.8 Å². The minimum absolute atomic E-state index is 0.0869. The predicted molar refractivity (Wildman–Crippen MR) is 121 cm³/mol. The van der Waals surface area contributed by atoms with Crippen LogP contribution in [0, 0.1) is 0 Å². The molecule has 3 aromatic carbocycles. The van der Waals surface area contributed by atoms with Crippen LogP contribution in [0.5, 0.6) is 23.0 Å². The van der Waals surface area contributed by atoms with Crippen LogP contribution in [0.3, 0.4) is 0 Å². The Morgan fingerprint density at radius 2 is 1.55 bits per heavy atom. The number of esters is 2.